The highest BCUT2D eigenvalue weighted by Gasteiger charge is 2.51. The van der Waals surface area contributed by atoms with Crippen LogP contribution in [0.2, 0.25) is 0 Å². The summed E-state index contributed by atoms with van der Waals surface area (Å²) in [7, 11) is 1.73. The van der Waals surface area contributed by atoms with Crippen molar-refractivity contribution in [1.82, 2.24) is 15.3 Å². The van der Waals surface area contributed by atoms with E-state index in [4.69, 9.17) is 9.47 Å². The minimum absolute atomic E-state index is 0.144. The Labute approximate surface area is 172 Å². The molecule has 0 aromatic heterocycles. The van der Waals surface area contributed by atoms with Gasteiger partial charge in [0, 0.05) is 43.1 Å². The van der Waals surface area contributed by atoms with Gasteiger partial charge in [-0.05, 0) is 38.1 Å². The maximum Gasteiger partial charge on any atom is 0.182 e. The molecule has 0 radical (unpaired) electrons. The van der Waals surface area contributed by atoms with E-state index in [0.717, 1.165) is 48.7 Å². The Bertz CT molecular complexity index is 931. The van der Waals surface area contributed by atoms with Crippen molar-refractivity contribution in [2.75, 3.05) is 20.2 Å². The van der Waals surface area contributed by atoms with Crippen LogP contribution in [-0.4, -0.2) is 41.9 Å². The van der Waals surface area contributed by atoms with Crippen molar-refractivity contribution in [3.8, 4) is 11.5 Å². The summed E-state index contributed by atoms with van der Waals surface area (Å²) in [6.45, 7) is 6.62. The summed E-state index contributed by atoms with van der Waals surface area (Å²) < 4.78 is 12.3. The highest BCUT2D eigenvalue weighted by atomic mass is 16.5. The lowest BCUT2D eigenvalue weighted by Gasteiger charge is -2.52. The topological polar surface area (TPSA) is 37.0 Å². The minimum atomic E-state index is -0.343. The number of hydrazine groups is 1. The van der Waals surface area contributed by atoms with Gasteiger partial charge in [-0.15, -0.1) is 0 Å². The van der Waals surface area contributed by atoms with E-state index in [1.807, 2.05) is 12.1 Å². The smallest absolute Gasteiger partial charge is 0.182 e. The molecule has 5 heteroatoms. The number of nitrogens with zero attached hydrogens (tertiary/aromatic N) is 2. The van der Waals surface area contributed by atoms with Crippen LogP contribution in [0.5, 0.6) is 11.5 Å². The molecule has 0 amide bonds. The van der Waals surface area contributed by atoms with Crippen LogP contribution in [0.3, 0.4) is 0 Å². The lowest BCUT2D eigenvalue weighted by atomic mass is 9.92. The molecular formula is C24H29N3O2. The fourth-order valence-corrected chi connectivity index (χ4v) is 4.87. The van der Waals surface area contributed by atoms with Gasteiger partial charge in [-0.2, -0.15) is 5.01 Å². The number of benzene rings is 2. The van der Waals surface area contributed by atoms with Gasteiger partial charge in [-0.3, -0.25) is 0 Å². The molecule has 0 bridgehead atoms. The van der Waals surface area contributed by atoms with E-state index in [-0.39, 0.29) is 11.8 Å². The van der Waals surface area contributed by atoms with E-state index < -0.39 is 0 Å². The van der Waals surface area contributed by atoms with Crippen LogP contribution in [0.1, 0.15) is 43.9 Å². The highest BCUT2D eigenvalue weighted by molar-refractivity contribution is 5.72. The SMILES string of the molecule is COc1ccccc1C1=C[C@H]2c3ccccc3OC3(CCN(C(C)C)CC3)N2N1. The Balaban J connectivity index is 1.53. The first-order valence-electron chi connectivity index (χ1n) is 10.5. The molecule has 0 aliphatic carbocycles. The zero-order valence-corrected chi connectivity index (χ0v) is 17.4. The standard InChI is InChI=1S/C24H29N3O2/c1-17(2)26-14-12-24(13-15-26)27-21(19-9-5-7-11-23(19)29-24)16-20(25-27)18-8-4-6-10-22(18)28-3/h4-11,16-17,21,25H,12-15H2,1-3H3/t21-/m0/s1. The average molecular weight is 392 g/mol. The third-order valence-corrected chi connectivity index (χ3v) is 6.53. The summed E-state index contributed by atoms with van der Waals surface area (Å²) in [4.78, 5) is 2.54. The summed E-state index contributed by atoms with van der Waals surface area (Å²) >= 11 is 0. The second kappa shape index (κ2) is 7.08. The van der Waals surface area contributed by atoms with Crippen LogP contribution in [-0.2, 0) is 0 Å². The number of hydrogen-bond acceptors (Lipinski definition) is 5. The summed E-state index contributed by atoms with van der Waals surface area (Å²) in [5, 5.41) is 2.34. The van der Waals surface area contributed by atoms with Gasteiger partial charge >= 0.3 is 0 Å². The third-order valence-electron chi connectivity index (χ3n) is 6.53. The number of fused-ring (bicyclic) bond motifs is 4. The van der Waals surface area contributed by atoms with E-state index >= 15 is 0 Å². The number of ether oxygens (including phenoxy) is 2. The molecule has 0 unspecified atom stereocenters. The molecule has 1 saturated heterocycles. The Hall–Kier alpha value is -2.50. The summed E-state index contributed by atoms with van der Waals surface area (Å²) in [5.41, 5.74) is 6.73. The zero-order chi connectivity index (χ0) is 20.0. The number of rotatable bonds is 3. The first-order valence-corrected chi connectivity index (χ1v) is 10.5. The number of nitrogens with one attached hydrogen (secondary N) is 1. The number of hydrogen-bond donors (Lipinski definition) is 1. The highest BCUT2D eigenvalue weighted by Crippen LogP contribution is 2.49. The van der Waals surface area contributed by atoms with Crippen LogP contribution in [0, 0.1) is 0 Å². The largest absolute Gasteiger partial charge is 0.496 e. The van der Waals surface area contributed by atoms with Crippen molar-refractivity contribution in [2.45, 2.75) is 44.5 Å². The molecule has 29 heavy (non-hydrogen) atoms. The summed E-state index contributed by atoms with van der Waals surface area (Å²) in [6.07, 6.45) is 4.25. The first-order chi connectivity index (χ1) is 14.1. The summed E-state index contributed by atoms with van der Waals surface area (Å²) in [6, 6.07) is 17.3. The number of para-hydroxylation sites is 2. The molecule has 3 heterocycles. The van der Waals surface area contributed by atoms with Crippen molar-refractivity contribution in [2.24, 2.45) is 0 Å². The second-order valence-electron chi connectivity index (χ2n) is 8.42. The van der Waals surface area contributed by atoms with Gasteiger partial charge in [0.1, 0.15) is 11.5 Å². The van der Waals surface area contributed by atoms with E-state index in [1.54, 1.807) is 7.11 Å². The molecular weight excluding hydrogens is 362 g/mol. The first kappa shape index (κ1) is 18.5. The van der Waals surface area contributed by atoms with Gasteiger partial charge < -0.3 is 19.8 Å². The van der Waals surface area contributed by atoms with Crippen molar-refractivity contribution < 1.29 is 9.47 Å². The molecule has 0 saturated carbocycles. The Morgan fingerprint density at radius 3 is 2.55 bits per heavy atom. The zero-order valence-electron chi connectivity index (χ0n) is 17.4. The van der Waals surface area contributed by atoms with E-state index in [1.165, 1.54) is 5.56 Å². The van der Waals surface area contributed by atoms with Crippen LogP contribution in [0.25, 0.3) is 5.70 Å². The second-order valence-corrected chi connectivity index (χ2v) is 8.42. The van der Waals surface area contributed by atoms with Gasteiger partial charge in [0.15, 0.2) is 5.72 Å². The fraction of sp³-hybridized carbons (Fsp3) is 0.417. The molecule has 1 fully saturated rings. The van der Waals surface area contributed by atoms with Gasteiger partial charge in [0.05, 0.1) is 18.8 Å². The van der Waals surface area contributed by atoms with Crippen LogP contribution < -0.4 is 14.9 Å². The molecule has 152 valence electrons. The van der Waals surface area contributed by atoms with Gasteiger partial charge in [-0.1, -0.05) is 30.3 Å². The normalized spacial score (nSPS) is 23.2. The molecule has 5 nitrogen and oxygen atoms in total. The molecule has 2 aromatic carbocycles. The quantitative estimate of drug-likeness (QED) is 0.849. The molecule has 1 N–H and O–H groups in total. The Kier molecular flexibility index (Phi) is 4.52. The van der Waals surface area contributed by atoms with E-state index in [9.17, 15) is 0 Å². The molecule has 3 aliphatic rings. The maximum absolute atomic E-state index is 6.72. The number of likely N-dealkylation sites (tertiary alicyclic amines) is 1. The van der Waals surface area contributed by atoms with Crippen LogP contribution >= 0.6 is 0 Å². The van der Waals surface area contributed by atoms with Crippen molar-refractivity contribution in [3.05, 3.63) is 65.7 Å². The molecule has 2 aromatic rings. The van der Waals surface area contributed by atoms with Gasteiger partial charge in [-0.25, -0.2) is 0 Å². The monoisotopic (exact) mass is 391 g/mol. The molecule has 3 aliphatic heterocycles. The third kappa shape index (κ3) is 3.00. The van der Waals surface area contributed by atoms with Crippen molar-refractivity contribution in [3.63, 3.8) is 0 Å². The van der Waals surface area contributed by atoms with Gasteiger partial charge in [0.2, 0.25) is 0 Å². The molecule has 1 spiro atoms. The Morgan fingerprint density at radius 2 is 1.79 bits per heavy atom. The van der Waals surface area contributed by atoms with Crippen molar-refractivity contribution in [1.29, 1.82) is 0 Å². The number of methoxy groups -OCH3 is 1. The fourth-order valence-electron chi connectivity index (χ4n) is 4.87. The predicted octanol–water partition coefficient (Wildman–Crippen LogP) is 4.19. The average Bonchev–Trinajstić information content (AvgIpc) is 3.21. The summed E-state index contributed by atoms with van der Waals surface area (Å²) in [5.74, 6) is 1.88. The van der Waals surface area contributed by atoms with Crippen LogP contribution in [0.4, 0.5) is 0 Å². The molecule has 1 atom stereocenters. The van der Waals surface area contributed by atoms with E-state index in [0.29, 0.717) is 6.04 Å². The van der Waals surface area contributed by atoms with Crippen molar-refractivity contribution >= 4 is 5.70 Å². The lowest BCUT2D eigenvalue weighted by Crippen LogP contribution is -2.64. The molecule has 5 rings (SSSR count). The predicted molar refractivity (Wildman–Crippen MR) is 114 cm³/mol. The van der Waals surface area contributed by atoms with E-state index in [2.05, 4.69) is 71.7 Å². The van der Waals surface area contributed by atoms with Crippen LogP contribution in [0.15, 0.2) is 54.6 Å². The number of piperidine rings is 1. The maximum atomic E-state index is 6.72. The Morgan fingerprint density at radius 1 is 1.07 bits per heavy atom. The lowest BCUT2D eigenvalue weighted by molar-refractivity contribution is -0.161. The minimum Gasteiger partial charge on any atom is -0.496 e. The van der Waals surface area contributed by atoms with Gasteiger partial charge in [0.25, 0.3) is 0 Å².